The number of nitrogens with zero attached hydrogens (tertiary/aromatic N) is 4. The largest absolute Gasteiger partial charge is 0.419 e. The van der Waals surface area contributed by atoms with Crippen LogP contribution in [0, 0.1) is 0 Å². The summed E-state index contributed by atoms with van der Waals surface area (Å²) in [5.41, 5.74) is 6.35. The minimum Gasteiger partial charge on any atom is -0.419 e. The SMILES string of the molecule is C[C@@H](Sc1nnc(N)s1)c1nnc(-c2cccc(Cl)c2)o1. The van der Waals surface area contributed by atoms with Gasteiger partial charge in [-0.25, -0.2) is 0 Å². The van der Waals surface area contributed by atoms with Crippen molar-refractivity contribution in [3.05, 3.63) is 35.2 Å². The second-order valence-electron chi connectivity index (χ2n) is 4.12. The Kier molecular flexibility index (Phi) is 4.09. The molecule has 108 valence electrons. The summed E-state index contributed by atoms with van der Waals surface area (Å²) in [6.45, 7) is 1.96. The molecule has 0 aliphatic heterocycles. The van der Waals surface area contributed by atoms with Gasteiger partial charge in [-0.15, -0.1) is 20.4 Å². The lowest BCUT2D eigenvalue weighted by molar-refractivity contribution is 0.509. The molecule has 0 saturated carbocycles. The van der Waals surface area contributed by atoms with E-state index >= 15 is 0 Å². The van der Waals surface area contributed by atoms with E-state index in [-0.39, 0.29) is 5.25 Å². The number of nitrogen functional groups attached to an aromatic ring is 1. The molecule has 2 aromatic heterocycles. The Morgan fingerprint density at radius 1 is 1.29 bits per heavy atom. The van der Waals surface area contributed by atoms with Gasteiger partial charge in [0.1, 0.15) is 0 Å². The summed E-state index contributed by atoms with van der Waals surface area (Å²) in [7, 11) is 0. The van der Waals surface area contributed by atoms with Crippen LogP contribution in [0.15, 0.2) is 33.0 Å². The highest BCUT2D eigenvalue weighted by Crippen LogP contribution is 2.37. The van der Waals surface area contributed by atoms with Crippen LogP contribution in [0.5, 0.6) is 0 Å². The number of rotatable bonds is 4. The molecule has 0 radical (unpaired) electrons. The highest BCUT2D eigenvalue weighted by atomic mass is 35.5. The third-order valence-corrected chi connectivity index (χ3v) is 4.72. The summed E-state index contributed by atoms with van der Waals surface area (Å²) in [4.78, 5) is 0. The number of halogens is 1. The van der Waals surface area contributed by atoms with Crippen molar-refractivity contribution in [1.82, 2.24) is 20.4 Å². The van der Waals surface area contributed by atoms with Crippen molar-refractivity contribution in [1.29, 1.82) is 0 Å². The quantitative estimate of drug-likeness (QED) is 0.725. The van der Waals surface area contributed by atoms with Gasteiger partial charge < -0.3 is 10.2 Å². The molecule has 0 spiro atoms. The van der Waals surface area contributed by atoms with E-state index in [0.29, 0.717) is 21.9 Å². The van der Waals surface area contributed by atoms with Gasteiger partial charge in [0.2, 0.25) is 16.9 Å². The summed E-state index contributed by atoms with van der Waals surface area (Å²) in [5.74, 6) is 0.959. The third-order valence-electron chi connectivity index (χ3n) is 2.56. The van der Waals surface area contributed by atoms with Gasteiger partial charge in [-0.2, -0.15) is 0 Å². The van der Waals surface area contributed by atoms with E-state index in [9.17, 15) is 0 Å². The highest BCUT2D eigenvalue weighted by molar-refractivity contribution is 8.01. The normalized spacial score (nSPS) is 12.5. The molecular formula is C12H10ClN5OS2. The monoisotopic (exact) mass is 339 g/mol. The lowest BCUT2D eigenvalue weighted by Gasteiger charge is -2.02. The van der Waals surface area contributed by atoms with Gasteiger partial charge in [0.15, 0.2) is 4.34 Å². The van der Waals surface area contributed by atoms with E-state index < -0.39 is 0 Å². The molecule has 0 bridgehead atoms. The van der Waals surface area contributed by atoms with Gasteiger partial charge in [-0.05, 0) is 25.1 Å². The van der Waals surface area contributed by atoms with Gasteiger partial charge in [0.05, 0.1) is 5.25 Å². The predicted molar refractivity (Wildman–Crippen MR) is 83.3 cm³/mol. The zero-order valence-corrected chi connectivity index (χ0v) is 13.2. The fourth-order valence-corrected chi connectivity index (χ4v) is 3.61. The molecule has 0 amide bonds. The van der Waals surface area contributed by atoms with Crippen LogP contribution in [0.1, 0.15) is 18.1 Å². The highest BCUT2D eigenvalue weighted by Gasteiger charge is 2.18. The van der Waals surface area contributed by atoms with Gasteiger partial charge >= 0.3 is 0 Å². The van der Waals surface area contributed by atoms with E-state index in [0.717, 1.165) is 9.90 Å². The minimum atomic E-state index is -0.0437. The zero-order valence-electron chi connectivity index (χ0n) is 10.9. The van der Waals surface area contributed by atoms with E-state index in [4.69, 9.17) is 21.8 Å². The molecule has 0 fully saturated rings. The Morgan fingerprint density at radius 3 is 2.86 bits per heavy atom. The number of benzene rings is 1. The first-order chi connectivity index (χ1) is 10.1. The zero-order chi connectivity index (χ0) is 14.8. The molecule has 21 heavy (non-hydrogen) atoms. The molecule has 0 aliphatic carbocycles. The van der Waals surface area contributed by atoms with Crippen LogP contribution in [-0.2, 0) is 0 Å². The smallest absolute Gasteiger partial charge is 0.247 e. The Hall–Kier alpha value is -1.64. The van der Waals surface area contributed by atoms with Crippen molar-refractivity contribution in [2.24, 2.45) is 0 Å². The first-order valence-corrected chi connectivity index (χ1v) is 8.04. The van der Waals surface area contributed by atoms with Crippen molar-refractivity contribution >= 4 is 39.8 Å². The molecule has 9 heteroatoms. The van der Waals surface area contributed by atoms with Gasteiger partial charge in [-0.1, -0.05) is 40.8 Å². The molecule has 0 saturated heterocycles. The molecule has 3 aromatic rings. The van der Waals surface area contributed by atoms with Crippen molar-refractivity contribution < 1.29 is 4.42 Å². The molecule has 3 rings (SSSR count). The fraction of sp³-hybridized carbons (Fsp3) is 0.167. The number of thioether (sulfide) groups is 1. The number of hydrogen-bond donors (Lipinski definition) is 1. The molecule has 2 heterocycles. The van der Waals surface area contributed by atoms with E-state index in [2.05, 4.69) is 20.4 Å². The van der Waals surface area contributed by atoms with Crippen molar-refractivity contribution in [3.63, 3.8) is 0 Å². The van der Waals surface area contributed by atoms with Crippen molar-refractivity contribution in [2.45, 2.75) is 16.5 Å². The predicted octanol–water partition coefficient (Wildman–Crippen LogP) is 3.68. The minimum absolute atomic E-state index is 0.0437. The summed E-state index contributed by atoms with van der Waals surface area (Å²) in [6, 6.07) is 7.28. The lowest BCUT2D eigenvalue weighted by atomic mass is 10.2. The van der Waals surface area contributed by atoms with Crippen LogP contribution in [0.4, 0.5) is 5.13 Å². The van der Waals surface area contributed by atoms with E-state index in [1.807, 2.05) is 19.1 Å². The van der Waals surface area contributed by atoms with Crippen molar-refractivity contribution in [3.8, 4) is 11.5 Å². The second kappa shape index (κ2) is 6.00. The van der Waals surface area contributed by atoms with E-state index in [1.165, 1.54) is 23.1 Å². The second-order valence-corrected chi connectivity index (χ2v) is 7.16. The average molecular weight is 340 g/mol. The standard InChI is InChI=1S/C12H10ClN5OS2/c1-6(20-12-18-17-11(14)21-12)9-15-16-10(19-9)7-3-2-4-8(13)5-7/h2-6H,1H3,(H2,14,17)/t6-/m1/s1. The van der Waals surface area contributed by atoms with E-state index in [1.54, 1.807) is 12.1 Å². The summed E-state index contributed by atoms with van der Waals surface area (Å²) in [5, 5.41) is 16.9. The molecular weight excluding hydrogens is 330 g/mol. The number of hydrogen-bond acceptors (Lipinski definition) is 8. The molecule has 1 aromatic carbocycles. The van der Waals surface area contributed by atoms with Gasteiger partial charge in [0, 0.05) is 10.6 Å². The molecule has 2 N–H and O–H groups in total. The Bertz CT molecular complexity index is 759. The topological polar surface area (TPSA) is 90.7 Å². The van der Waals surface area contributed by atoms with Crippen LogP contribution in [0.2, 0.25) is 5.02 Å². The van der Waals surface area contributed by atoms with Crippen molar-refractivity contribution in [2.75, 3.05) is 5.73 Å². The number of nitrogens with two attached hydrogens (primary N) is 1. The van der Waals surface area contributed by atoms with Crippen LogP contribution < -0.4 is 5.73 Å². The molecule has 0 unspecified atom stereocenters. The molecule has 6 nitrogen and oxygen atoms in total. The maximum Gasteiger partial charge on any atom is 0.247 e. The van der Waals surface area contributed by atoms with Gasteiger partial charge in [-0.3, -0.25) is 0 Å². The summed E-state index contributed by atoms with van der Waals surface area (Å²) in [6.07, 6.45) is 0. The summed E-state index contributed by atoms with van der Waals surface area (Å²) >= 11 is 8.75. The molecule has 0 aliphatic rings. The maximum atomic E-state index is 5.95. The Morgan fingerprint density at radius 2 is 2.14 bits per heavy atom. The van der Waals surface area contributed by atoms with Crippen LogP contribution >= 0.6 is 34.7 Å². The number of aromatic nitrogens is 4. The maximum absolute atomic E-state index is 5.95. The van der Waals surface area contributed by atoms with Gasteiger partial charge in [0.25, 0.3) is 0 Å². The summed E-state index contributed by atoms with van der Waals surface area (Å²) < 4.78 is 6.46. The average Bonchev–Trinajstić information content (AvgIpc) is 3.08. The number of anilines is 1. The Labute approximate surface area is 133 Å². The van der Waals surface area contributed by atoms with Crippen LogP contribution in [0.3, 0.4) is 0 Å². The first kappa shape index (κ1) is 14.3. The Balaban J connectivity index is 1.78. The lowest BCUT2D eigenvalue weighted by Crippen LogP contribution is -1.88. The van der Waals surface area contributed by atoms with Crippen LogP contribution in [-0.4, -0.2) is 20.4 Å². The van der Waals surface area contributed by atoms with Crippen LogP contribution in [0.25, 0.3) is 11.5 Å². The molecule has 1 atom stereocenters. The first-order valence-electron chi connectivity index (χ1n) is 5.97. The third kappa shape index (κ3) is 3.34. The fourth-order valence-electron chi connectivity index (χ4n) is 1.61.